The molecule has 0 bridgehead atoms. The monoisotopic (exact) mass is 431 g/mol. The van der Waals surface area contributed by atoms with Gasteiger partial charge in [0.2, 0.25) is 0 Å². The summed E-state index contributed by atoms with van der Waals surface area (Å²) < 4.78 is 57.6. The molecule has 31 heavy (non-hydrogen) atoms. The van der Waals surface area contributed by atoms with Crippen LogP contribution >= 0.6 is 0 Å². The molecule has 0 amide bonds. The van der Waals surface area contributed by atoms with Gasteiger partial charge in [-0.1, -0.05) is 31.9 Å². The van der Waals surface area contributed by atoms with Crippen LogP contribution in [0.1, 0.15) is 62.4 Å². The van der Waals surface area contributed by atoms with Gasteiger partial charge in [-0.25, -0.2) is 4.39 Å². The van der Waals surface area contributed by atoms with Crippen LogP contribution < -0.4 is 0 Å². The fourth-order valence-electron chi connectivity index (χ4n) is 4.84. The van der Waals surface area contributed by atoms with E-state index in [0.29, 0.717) is 28.8 Å². The number of rotatable bonds is 4. The number of hydrogen-bond donors (Lipinski definition) is 0. The van der Waals surface area contributed by atoms with Gasteiger partial charge in [-0.3, -0.25) is 0 Å². The molecule has 164 valence electrons. The Morgan fingerprint density at radius 3 is 2.55 bits per heavy atom. The number of benzene rings is 1. The number of allylic oxidation sites excluding steroid dienone is 2. The largest absolute Gasteiger partial charge is 0.408 e. The second kappa shape index (κ2) is 8.07. The number of aryl methyl sites for hydroxylation is 1. The van der Waals surface area contributed by atoms with Crippen molar-refractivity contribution in [2.24, 2.45) is 0 Å². The van der Waals surface area contributed by atoms with Crippen molar-refractivity contribution in [2.75, 3.05) is 6.54 Å². The molecule has 7 heteroatoms. The molecule has 2 aliphatic rings. The summed E-state index contributed by atoms with van der Waals surface area (Å²) in [5, 5.41) is 10.5. The van der Waals surface area contributed by atoms with Gasteiger partial charge in [-0.15, -0.1) is 0 Å². The van der Waals surface area contributed by atoms with E-state index in [-0.39, 0.29) is 24.0 Å². The summed E-state index contributed by atoms with van der Waals surface area (Å²) in [6.45, 7) is 3.09. The topological polar surface area (TPSA) is 32.0 Å². The number of hydrogen-bond acceptors (Lipinski definition) is 2. The zero-order valence-electron chi connectivity index (χ0n) is 17.6. The fourth-order valence-corrected chi connectivity index (χ4v) is 4.84. The van der Waals surface area contributed by atoms with Crippen LogP contribution in [0.25, 0.3) is 16.6 Å². The molecule has 1 saturated carbocycles. The van der Waals surface area contributed by atoms with Gasteiger partial charge < -0.3 is 9.47 Å². The van der Waals surface area contributed by atoms with Crippen molar-refractivity contribution in [1.82, 2.24) is 9.47 Å². The molecule has 0 N–H and O–H groups in total. The standard InChI is InChI=1S/C24H25F4N3/c1-3-16-12-22-18(13-20(16)25)19(14-29)23(31(22)17-8-4-5-9-17)21-10-6-7-11-30(21)15(2)24(26,27)28/h6-7,10,12-13,15,17H,3-5,8-9,11H2,1-2H3/t15-/m1/s1. The molecule has 1 aromatic carbocycles. The molecular formula is C24H25F4N3. The summed E-state index contributed by atoms with van der Waals surface area (Å²) in [4.78, 5) is 1.29. The van der Waals surface area contributed by atoms with Gasteiger partial charge >= 0.3 is 6.18 Å². The highest BCUT2D eigenvalue weighted by atomic mass is 19.4. The SMILES string of the molecule is CCc1cc2c(cc1F)c(C#N)c(C1=CC=CCN1[C@H](C)C(F)(F)F)n2C1CCCC1. The molecule has 0 saturated heterocycles. The first kappa shape index (κ1) is 21.5. The van der Waals surface area contributed by atoms with E-state index in [2.05, 4.69) is 6.07 Å². The quantitative estimate of drug-likeness (QED) is 0.518. The Hall–Kier alpha value is -2.75. The molecule has 2 heterocycles. The molecule has 1 aromatic heterocycles. The third-order valence-electron chi connectivity index (χ3n) is 6.54. The van der Waals surface area contributed by atoms with Crippen molar-refractivity contribution >= 4 is 16.6 Å². The lowest BCUT2D eigenvalue weighted by Crippen LogP contribution is -2.43. The minimum Gasteiger partial charge on any atom is -0.354 e. The predicted octanol–water partition coefficient (Wildman–Crippen LogP) is 6.49. The minimum atomic E-state index is -4.41. The molecule has 3 nitrogen and oxygen atoms in total. The summed E-state index contributed by atoms with van der Waals surface area (Å²) in [6, 6.07) is 3.68. The van der Waals surface area contributed by atoms with Gasteiger partial charge in [0.05, 0.1) is 22.5 Å². The molecule has 1 aliphatic carbocycles. The van der Waals surface area contributed by atoms with E-state index in [1.165, 1.54) is 11.0 Å². The first-order valence-electron chi connectivity index (χ1n) is 10.7. The van der Waals surface area contributed by atoms with Crippen LogP contribution in [-0.4, -0.2) is 28.2 Å². The van der Waals surface area contributed by atoms with Gasteiger partial charge in [0.1, 0.15) is 17.9 Å². The van der Waals surface area contributed by atoms with Crippen LogP contribution in [0.2, 0.25) is 0 Å². The van der Waals surface area contributed by atoms with Crippen LogP contribution in [0.15, 0.2) is 30.4 Å². The average Bonchev–Trinajstić information content (AvgIpc) is 3.37. The number of nitriles is 1. The number of alkyl halides is 3. The lowest BCUT2D eigenvalue weighted by Gasteiger charge is -2.36. The van der Waals surface area contributed by atoms with Crippen molar-refractivity contribution in [3.8, 4) is 6.07 Å². The molecular weight excluding hydrogens is 406 g/mol. The highest BCUT2D eigenvalue weighted by Crippen LogP contribution is 2.42. The lowest BCUT2D eigenvalue weighted by atomic mass is 10.0. The summed E-state index contributed by atoms with van der Waals surface area (Å²) in [6.07, 6.45) is 4.95. The van der Waals surface area contributed by atoms with Crippen LogP contribution in [0.4, 0.5) is 17.6 Å². The van der Waals surface area contributed by atoms with Gasteiger partial charge in [0.15, 0.2) is 0 Å². The third kappa shape index (κ3) is 3.62. The van der Waals surface area contributed by atoms with E-state index in [9.17, 15) is 22.8 Å². The van der Waals surface area contributed by atoms with Crippen molar-refractivity contribution < 1.29 is 17.6 Å². The van der Waals surface area contributed by atoms with E-state index in [1.54, 1.807) is 24.3 Å². The van der Waals surface area contributed by atoms with Crippen molar-refractivity contribution in [3.63, 3.8) is 0 Å². The summed E-state index contributed by atoms with van der Waals surface area (Å²) >= 11 is 0. The van der Waals surface area contributed by atoms with Crippen molar-refractivity contribution in [1.29, 1.82) is 5.26 Å². The van der Waals surface area contributed by atoms with Crippen molar-refractivity contribution in [2.45, 2.75) is 64.2 Å². The second-order valence-electron chi connectivity index (χ2n) is 8.31. The molecule has 0 spiro atoms. The van der Waals surface area contributed by atoms with E-state index in [4.69, 9.17) is 0 Å². The predicted molar refractivity (Wildman–Crippen MR) is 113 cm³/mol. The Labute approximate surface area is 179 Å². The van der Waals surface area contributed by atoms with Crippen LogP contribution in [0.3, 0.4) is 0 Å². The lowest BCUT2D eigenvalue weighted by molar-refractivity contribution is -0.169. The van der Waals surface area contributed by atoms with E-state index < -0.39 is 12.2 Å². The Morgan fingerprint density at radius 1 is 1.23 bits per heavy atom. The number of fused-ring (bicyclic) bond motifs is 1. The number of aromatic nitrogens is 1. The Kier molecular flexibility index (Phi) is 5.59. The molecule has 0 radical (unpaired) electrons. The number of nitrogens with zero attached hydrogens (tertiary/aromatic N) is 3. The molecule has 1 aliphatic heterocycles. The van der Waals surface area contributed by atoms with Crippen LogP contribution in [0, 0.1) is 17.1 Å². The molecule has 4 rings (SSSR count). The van der Waals surface area contributed by atoms with Gasteiger partial charge in [0, 0.05) is 18.0 Å². The third-order valence-corrected chi connectivity index (χ3v) is 6.54. The van der Waals surface area contributed by atoms with Crippen molar-refractivity contribution in [3.05, 3.63) is 53.0 Å². The van der Waals surface area contributed by atoms with Gasteiger partial charge in [0.25, 0.3) is 0 Å². The molecule has 1 fully saturated rings. The second-order valence-corrected chi connectivity index (χ2v) is 8.31. The first-order chi connectivity index (χ1) is 14.8. The number of halogens is 4. The van der Waals surface area contributed by atoms with Crippen LogP contribution in [-0.2, 0) is 6.42 Å². The van der Waals surface area contributed by atoms with Gasteiger partial charge in [-0.05, 0) is 50.0 Å². The Morgan fingerprint density at radius 2 is 1.94 bits per heavy atom. The van der Waals surface area contributed by atoms with Crippen LogP contribution in [0.5, 0.6) is 0 Å². The maximum Gasteiger partial charge on any atom is 0.408 e. The molecule has 1 atom stereocenters. The first-order valence-corrected chi connectivity index (χ1v) is 10.7. The zero-order chi connectivity index (χ0) is 22.3. The summed E-state index contributed by atoms with van der Waals surface area (Å²) in [5.41, 5.74) is 2.34. The highest BCUT2D eigenvalue weighted by Gasteiger charge is 2.42. The molecule has 2 aromatic rings. The minimum absolute atomic E-state index is 0.0737. The fraction of sp³-hybridized carbons (Fsp3) is 0.458. The zero-order valence-corrected chi connectivity index (χ0v) is 17.6. The maximum absolute atomic E-state index is 14.7. The van der Waals surface area contributed by atoms with E-state index in [1.807, 2.05) is 11.5 Å². The smallest absolute Gasteiger partial charge is 0.354 e. The molecule has 0 unspecified atom stereocenters. The summed E-state index contributed by atoms with van der Waals surface area (Å²) in [5.74, 6) is -0.389. The Bertz CT molecular complexity index is 1090. The highest BCUT2D eigenvalue weighted by molar-refractivity contribution is 5.93. The maximum atomic E-state index is 14.7. The average molecular weight is 431 g/mol. The Balaban J connectivity index is 2.02. The van der Waals surface area contributed by atoms with E-state index >= 15 is 0 Å². The summed E-state index contributed by atoms with van der Waals surface area (Å²) in [7, 11) is 0. The van der Waals surface area contributed by atoms with E-state index in [0.717, 1.165) is 38.1 Å². The van der Waals surface area contributed by atoms with Gasteiger partial charge in [-0.2, -0.15) is 18.4 Å². The normalized spacial score (nSPS) is 18.5.